The molecule has 10 nitrogen and oxygen atoms in total. The van der Waals surface area contributed by atoms with Gasteiger partial charge >= 0.3 is 5.97 Å². The molecule has 0 aliphatic heterocycles. The Bertz CT molecular complexity index is 1020. The molecular weight excluding hydrogens is 406 g/mol. The predicted molar refractivity (Wildman–Crippen MR) is 108 cm³/mol. The van der Waals surface area contributed by atoms with Crippen molar-refractivity contribution in [3.8, 4) is 28.6 Å². The number of nitrogens with one attached hydrogen (secondary N) is 1. The first-order chi connectivity index (χ1) is 15.1. The lowest BCUT2D eigenvalue weighted by atomic mass is 10.2. The molecule has 1 aromatic heterocycles. The highest BCUT2D eigenvalue weighted by Gasteiger charge is 2.14. The molecule has 0 fully saturated rings. The van der Waals surface area contributed by atoms with E-state index in [1.54, 1.807) is 42.5 Å². The van der Waals surface area contributed by atoms with E-state index in [0.29, 0.717) is 28.6 Å². The number of para-hydroxylation sites is 1. The van der Waals surface area contributed by atoms with Crippen LogP contribution in [0.2, 0.25) is 0 Å². The average molecular weight is 427 g/mol. The Morgan fingerprint density at radius 1 is 1.03 bits per heavy atom. The third-order valence-electron chi connectivity index (χ3n) is 4.01. The molecule has 0 saturated heterocycles. The summed E-state index contributed by atoms with van der Waals surface area (Å²) in [5.41, 5.74) is 0.643. The number of nitrogens with zero attached hydrogens (tertiary/aromatic N) is 2. The van der Waals surface area contributed by atoms with Crippen molar-refractivity contribution < 1.29 is 33.1 Å². The molecule has 10 heteroatoms. The first-order valence-electron chi connectivity index (χ1n) is 9.24. The van der Waals surface area contributed by atoms with E-state index in [9.17, 15) is 9.59 Å². The van der Waals surface area contributed by atoms with Crippen LogP contribution in [0.5, 0.6) is 17.2 Å². The van der Waals surface area contributed by atoms with Gasteiger partial charge in [-0.1, -0.05) is 23.4 Å². The fraction of sp³-hybridized carbons (Fsp3) is 0.238. The van der Waals surface area contributed by atoms with Crippen LogP contribution in [0.25, 0.3) is 11.4 Å². The molecule has 0 aliphatic rings. The highest BCUT2D eigenvalue weighted by Crippen LogP contribution is 2.31. The third-order valence-corrected chi connectivity index (χ3v) is 4.01. The Morgan fingerprint density at radius 2 is 1.81 bits per heavy atom. The summed E-state index contributed by atoms with van der Waals surface area (Å²) in [6, 6.07) is 14.0. The smallest absolute Gasteiger partial charge is 0.325 e. The van der Waals surface area contributed by atoms with E-state index < -0.39 is 11.9 Å². The minimum absolute atomic E-state index is 0.108. The number of ether oxygens (including phenoxy) is 4. The first kappa shape index (κ1) is 21.6. The van der Waals surface area contributed by atoms with Crippen LogP contribution in [0.1, 0.15) is 5.89 Å². The van der Waals surface area contributed by atoms with Crippen molar-refractivity contribution in [2.45, 2.75) is 6.61 Å². The number of hydrogen-bond acceptors (Lipinski definition) is 9. The van der Waals surface area contributed by atoms with Crippen molar-refractivity contribution in [3.05, 3.63) is 54.4 Å². The fourth-order valence-electron chi connectivity index (χ4n) is 2.49. The standard InChI is InChI=1S/C21H21N3O7/c1-27-16-9-8-14(10-17(16)28-2)21-23-19(31-24-21)13-30-20(26)11-22-18(25)12-29-15-6-4-3-5-7-15/h3-10H,11-13H2,1-2H3,(H,22,25). The second-order valence-corrected chi connectivity index (χ2v) is 6.12. The highest BCUT2D eigenvalue weighted by atomic mass is 16.6. The minimum Gasteiger partial charge on any atom is -0.493 e. The number of rotatable bonds is 10. The van der Waals surface area contributed by atoms with Crippen LogP contribution < -0.4 is 19.5 Å². The second-order valence-electron chi connectivity index (χ2n) is 6.12. The Balaban J connectivity index is 1.44. The Kier molecular flexibility index (Phi) is 7.41. The molecule has 0 radical (unpaired) electrons. The van der Waals surface area contributed by atoms with Gasteiger partial charge in [0.1, 0.15) is 12.3 Å². The van der Waals surface area contributed by atoms with Gasteiger partial charge in [-0.2, -0.15) is 4.98 Å². The largest absolute Gasteiger partial charge is 0.493 e. The number of methoxy groups -OCH3 is 2. The zero-order chi connectivity index (χ0) is 22.1. The summed E-state index contributed by atoms with van der Waals surface area (Å²) in [5, 5.41) is 6.28. The van der Waals surface area contributed by atoms with Gasteiger partial charge in [-0.15, -0.1) is 0 Å². The third kappa shape index (κ3) is 6.20. The van der Waals surface area contributed by atoms with Gasteiger partial charge in [-0.05, 0) is 30.3 Å². The summed E-state index contributed by atoms with van der Waals surface area (Å²) in [5.74, 6) is 0.954. The molecule has 0 spiro atoms. The van der Waals surface area contributed by atoms with Gasteiger partial charge in [0.05, 0.1) is 14.2 Å². The number of esters is 1. The van der Waals surface area contributed by atoms with Crippen LogP contribution in [0.3, 0.4) is 0 Å². The zero-order valence-electron chi connectivity index (χ0n) is 17.0. The van der Waals surface area contributed by atoms with E-state index in [1.165, 1.54) is 14.2 Å². The van der Waals surface area contributed by atoms with Crippen molar-refractivity contribution >= 4 is 11.9 Å². The summed E-state index contributed by atoms with van der Waals surface area (Å²) in [6.07, 6.45) is 0. The van der Waals surface area contributed by atoms with Crippen molar-refractivity contribution in [1.29, 1.82) is 0 Å². The van der Waals surface area contributed by atoms with Crippen molar-refractivity contribution in [2.24, 2.45) is 0 Å². The van der Waals surface area contributed by atoms with Crippen molar-refractivity contribution in [2.75, 3.05) is 27.4 Å². The summed E-state index contributed by atoms with van der Waals surface area (Å²) in [7, 11) is 3.06. The second kappa shape index (κ2) is 10.6. The number of aromatic nitrogens is 2. The number of carbonyl (C=O) groups is 2. The van der Waals surface area contributed by atoms with Crippen LogP contribution in [0, 0.1) is 0 Å². The van der Waals surface area contributed by atoms with Crippen LogP contribution in [-0.2, 0) is 20.9 Å². The summed E-state index contributed by atoms with van der Waals surface area (Å²) >= 11 is 0. The molecule has 3 aromatic rings. The van der Waals surface area contributed by atoms with Gasteiger partial charge in [-0.25, -0.2) is 0 Å². The van der Waals surface area contributed by atoms with E-state index in [4.69, 9.17) is 23.5 Å². The maximum atomic E-state index is 11.8. The molecular formula is C21H21N3O7. The lowest BCUT2D eigenvalue weighted by Crippen LogP contribution is -2.34. The summed E-state index contributed by atoms with van der Waals surface area (Å²) in [4.78, 5) is 27.8. The van der Waals surface area contributed by atoms with E-state index in [2.05, 4.69) is 15.5 Å². The molecule has 0 saturated carbocycles. The lowest BCUT2D eigenvalue weighted by molar-refractivity contribution is -0.146. The fourth-order valence-corrected chi connectivity index (χ4v) is 2.49. The Labute approximate surface area is 178 Å². The predicted octanol–water partition coefficient (Wildman–Crippen LogP) is 1.99. The molecule has 0 bridgehead atoms. The van der Waals surface area contributed by atoms with Crippen LogP contribution in [-0.4, -0.2) is 49.4 Å². The maximum Gasteiger partial charge on any atom is 0.325 e. The topological polar surface area (TPSA) is 122 Å². The maximum absolute atomic E-state index is 11.8. The lowest BCUT2D eigenvalue weighted by Gasteiger charge is -2.07. The normalized spacial score (nSPS) is 10.3. The molecule has 0 atom stereocenters. The Hall–Kier alpha value is -4.08. The van der Waals surface area contributed by atoms with Crippen molar-refractivity contribution in [1.82, 2.24) is 15.5 Å². The SMILES string of the molecule is COc1ccc(-c2noc(COC(=O)CNC(=O)COc3ccccc3)n2)cc1OC. The summed E-state index contributed by atoms with van der Waals surface area (Å²) < 4.78 is 25.9. The molecule has 0 aliphatic carbocycles. The van der Waals surface area contributed by atoms with E-state index in [1.807, 2.05) is 6.07 Å². The van der Waals surface area contributed by atoms with Crippen LogP contribution in [0.4, 0.5) is 0 Å². The van der Waals surface area contributed by atoms with Crippen molar-refractivity contribution in [3.63, 3.8) is 0 Å². The van der Waals surface area contributed by atoms with Gasteiger partial charge in [0.25, 0.3) is 11.8 Å². The molecule has 162 valence electrons. The number of hydrogen-bond donors (Lipinski definition) is 1. The van der Waals surface area contributed by atoms with Gasteiger partial charge in [0.2, 0.25) is 5.82 Å². The average Bonchev–Trinajstić information content (AvgIpc) is 3.29. The minimum atomic E-state index is -0.654. The number of carbonyl (C=O) groups excluding carboxylic acids is 2. The molecule has 1 heterocycles. The molecule has 31 heavy (non-hydrogen) atoms. The quantitative estimate of drug-likeness (QED) is 0.484. The Morgan fingerprint density at radius 3 is 2.55 bits per heavy atom. The highest BCUT2D eigenvalue weighted by molar-refractivity contribution is 5.82. The van der Waals surface area contributed by atoms with Gasteiger partial charge in [-0.3, -0.25) is 9.59 Å². The molecule has 3 rings (SSSR count). The van der Waals surface area contributed by atoms with Crippen LogP contribution >= 0.6 is 0 Å². The molecule has 1 amide bonds. The zero-order valence-corrected chi connectivity index (χ0v) is 17.0. The van der Waals surface area contributed by atoms with Gasteiger partial charge < -0.3 is 28.8 Å². The van der Waals surface area contributed by atoms with Gasteiger partial charge in [0, 0.05) is 5.56 Å². The molecule has 1 N–H and O–H groups in total. The summed E-state index contributed by atoms with van der Waals surface area (Å²) in [6.45, 7) is -0.751. The molecule has 0 unspecified atom stereocenters. The van der Waals surface area contributed by atoms with E-state index >= 15 is 0 Å². The van der Waals surface area contributed by atoms with E-state index in [-0.39, 0.29) is 25.6 Å². The van der Waals surface area contributed by atoms with E-state index in [0.717, 1.165) is 0 Å². The monoisotopic (exact) mass is 427 g/mol. The first-order valence-corrected chi connectivity index (χ1v) is 9.24. The number of amides is 1. The van der Waals surface area contributed by atoms with Crippen LogP contribution in [0.15, 0.2) is 53.1 Å². The van der Waals surface area contributed by atoms with Gasteiger partial charge in [0.15, 0.2) is 24.7 Å². The molecule has 2 aromatic carbocycles. The number of benzene rings is 2.